The number of carbonyl (C=O) groups is 2. The normalized spacial score (nSPS) is 19.3. The van der Waals surface area contributed by atoms with Crippen molar-refractivity contribution in [1.29, 1.82) is 0 Å². The quantitative estimate of drug-likeness (QED) is 0.776. The zero-order chi connectivity index (χ0) is 21.5. The summed E-state index contributed by atoms with van der Waals surface area (Å²) in [5.41, 5.74) is 3.09. The molecular formula is C24H31N3O3. The average Bonchev–Trinajstić information content (AvgIpc) is 3.31. The van der Waals surface area contributed by atoms with Crippen LogP contribution in [-0.4, -0.2) is 39.7 Å². The number of likely N-dealkylation sites (tertiary alicyclic amines) is 1. The number of fused-ring (bicyclic) bond motifs is 1. The third-order valence-electron chi connectivity index (χ3n) is 6.05. The van der Waals surface area contributed by atoms with Crippen LogP contribution in [0.2, 0.25) is 0 Å². The molecule has 160 valence electrons. The molecule has 1 aromatic heterocycles. The number of amides is 2. The SMILES string of the molecule is CCc1ccc(CN2CC(C(=O)N3CCc4oc(C(C)(C)C)nc4C3)CC2=O)cc1. The van der Waals surface area contributed by atoms with E-state index in [0.717, 1.165) is 29.3 Å². The van der Waals surface area contributed by atoms with E-state index in [0.29, 0.717) is 39.0 Å². The van der Waals surface area contributed by atoms with Crippen molar-refractivity contribution in [3.05, 3.63) is 52.7 Å². The van der Waals surface area contributed by atoms with Crippen LogP contribution in [0.4, 0.5) is 0 Å². The van der Waals surface area contributed by atoms with Crippen LogP contribution in [0, 0.1) is 5.92 Å². The lowest BCUT2D eigenvalue weighted by Crippen LogP contribution is -2.40. The van der Waals surface area contributed by atoms with Crippen LogP contribution in [0.1, 0.15) is 62.6 Å². The van der Waals surface area contributed by atoms with Crippen LogP contribution in [-0.2, 0) is 40.9 Å². The van der Waals surface area contributed by atoms with E-state index in [2.05, 4.69) is 56.9 Å². The number of benzene rings is 1. The first-order valence-electron chi connectivity index (χ1n) is 10.9. The molecule has 3 heterocycles. The summed E-state index contributed by atoms with van der Waals surface area (Å²) >= 11 is 0. The number of hydrogen-bond donors (Lipinski definition) is 0. The molecule has 30 heavy (non-hydrogen) atoms. The predicted molar refractivity (Wildman–Crippen MR) is 114 cm³/mol. The zero-order valence-electron chi connectivity index (χ0n) is 18.4. The van der Waals surface area contributed by atoms with Gasteiger partial charge in [0.1, 0.15) is 11.5 Å². The maximum absolute atomic E-state index is 13.1. The number of carbonyl (C=O) groups excluding carboxylic acids is 2. The van der Waals surface area contributed by atoms with Crippen LogP contribution in [0.15, 0.2) is 28.7 Å². The first kappa shape index (κ1) is 20.6. The molecule has 0 aliphatic carbocycles. The minimum absolute atomic E-state index is 0.0538. The van der Waals surface area contributed by atoms with Gasteiger partial charge in [0.25, 0.3) is 0 Å². The second kappa shape index (κ2) is 7.89. The van der Waals surface area contributed by atoms with Crippen molar-refractivity contribution in [3.63, 3.8) is 0 Å². The maximum atomic E-state index is 13.1. The standard InChI is InChI=1S/C24H31N3O3/c1-5-16-6-8-17(9-7-16)13-27-14-18(12-21(27)28)22(29)26-11-10-20-19(15-26)25-23(30-20)24(2,3)4/h6-9,18H,5,10-15H2,1-4H3. The summed E-state index contributed by atoms with van der Waals surface area (Å²) in [6, 6.07) is 8.36. The molecule has 0 spiro atoms. The van der Waals surface area contributed by atoms with Crippen LogP contribution in [0.5, 0.6) is 0 Å². The number of aryl methyl sites for hydroxylation is 1. The minimum atomic E-state index is -0.275. The molecule has 1 saturated heterocycles. The van der Waals surface area contributed by atoms with Gasteiger partial charge in [-0.3, -0.25) is 9.59 Å². The lowest BCUT2D eigenvalue weighted by atomic mass is 9.97. The second-order valence-electron chi connectivity index (χ2n) is 9.49. The van der Waals surface area contributed by atoms with Gasteiger partial charge in [-0.2, -0.15) is 0 Å². The molecule has 6 nitrogen and oxygen atoms in total. The number of nitrogens with zero attached hydrogens (tertiary/aromatic N) is 3. The summed E-state index contributed by atoms with van der Waals surface area (Å²) in [4.78, 5) is 34.0. The van der Waals surface area contributed by atoms with Crippen molar-refractivity contribution in [1.82, 2.24) is 14.8 Å². The highest BCUT2D eigenvalue weighted by Gasteiger charge is 2.38. The van der Waals surface area contributed by atoms with Crippen LogP contribution in [0.3, 0.4) is 0 Å². The minimum Gasteiger partial charge on any atom is -0.445 e. The van der Waals surface area contributed by atoms with Gasteiger partial charge in [-0.25, -0.2) is 4.98 Å². The first-order valence-corrected chi connectivity index (χ1v) is 10.9. The number of hydrogen-bond acceptors (Lipinski definition) is 4. The number of oxazole rings is 1. The van der Waals surface area contributed by atoms with Crippen LogP contribution < -0.4 is 0 Å². The molecule has 2 aliphatic heterocycles. The molecule has 2 aromatic rings. The van der Waals surface area contributed by atoms with Crippen molar-refractivity contribution in [2.75, 3.05) is 13.1 Å². The molecule has 0 radical (unpaired) electrons. The van der Waals surface area contributed by atoms with Gasteiger partial charge in [-0.1, -0.05) is 52.0 Å². The third kappa shape index (κ3) is 4.13. The molecule has 1 aromatic carbocycles. The maximum Gasteiger partial charge on any atom is 0.228 e. The Morgan fingerprint density at radius 1 is 1.20 bits per heavy atom. The van der Waals surface area contributed by atoms with Crippen molar-refractivity contribution in [2.24, 2.45) is 5.92 Å². The van der Waals surface area contributed by atoms with Gasteiger partial charge in [-0.05, 0) is 17.5 Å². The van der Waals surface area contributed by atoms with E-state index in [1.807, 2.05) is 9.80 Å². The van der Waals surface area contributed by atoms with E-state index in [4.69, 9.17) is 4.42 Å². The molecule has 2 aliphatic rings. The van der Waals surface area contributed by atoms with E-state index < -0.39 is 0 Å². The van der Waals surface area contributed by atoms with Crippen molar-refractivity contribution in [3.8, 4) is 0 Å². The van der Waals surface area contributed by atoms with Crippen LogP contribution >= 0.6 is 0 Å². The summed E-state index contributed by atoms with van der Waals surface area (Å²) in [5.74, 6) is 1.45. The molecule has 1 atom stereocenters. The first-order chi connectivity index (χ1) is 14.2. The predicted octanol–water partition coefficient (Wildman–Crippen LogP) is 3.47. The smallest absolute Gasteiger partial charge is 0.228 e. The summed E-state index contributed by atoms with van der Waals surface area (Å²) in [5, 5.41) is 0. The van der Waals surface area contributed by atoms with Gasteiger partial charge in [0.05, 0.1) is 12.5 Å². The van der Waals surface area contributed by atoms with Gasteiger partial charge < -0.3 is 14.2 Å². The van der Waals surface area contributed by atoms with Crippen molar-refractivity contribution < 1.29 is 14.0 Å². The fourth-order valence-electron chi connectivity index (χ4n) is 4.16. The Hall–Kier alpha value is -2.63. The monoisotopic (exact) mass is 409 g/mol. The summed E-state index contributed by atoms with van der Waals surface area (Å²) in [7, 11) is 0. The van der Waals surface area contributed by atoms with E-state index in [9.17, 15) is 9.59 Å². The Labute approximate surface area is 178 Å². The Bertz CT molecular complexity index is 940. The highest BCUT2D eigenvalue weighted by Crippen LogP contribution is 2.29. The summed E-state index contributed by atoms with van der Waals surface area (Å²) < 4.78 is 5.93. The molecular weight excluding hydrogens is 378 g/mol. The van der Waals surface area contributed by atoms with Gasteiger partial charge >= 0.3 is 0 Å². The third-order valence-corrected chi connectivity index (χ3v) is 6.05. The van der Waals surface area contributed by atoms with E-state index in [-0.39, 0.29) is 23.1 Å². The Morgan fingerprint density at radius 3 is 2.57 bits per heavy atom. The molecule has 6 heteroatoms. The highest BCUT2D eigenvalue weighted by atomic mass is 16.4. The van der Waals surface area contributed by atoms with Gasteiger partial charge in [0.2, 0.25) is 11.8 Å². The van der Waals surface area contributed by atoms with Gasteiger partial charge in [-0.15, -0.1) is 0 Å². The topological polar surface area (TPSA) is 66.7 Å². The Kier molecular flexibility index (Phi) is 5.43. The summed E-state index contributed by atoms with van der Waals surface area (Å²) in [6.07, 6.45) is 1.97. The molecule has 0 saturated carbocycles. The Morgan fingerprint density at radius 2 is 1.90 bits per heavy atom. The largest absolute Gasteiger partial charge is 0.445 e. The van der Waals surface area contributed by atoms with Gasteiger partial charge in [0, 0.05) is 37.9 Å². The second-order valence-corrected chi connectivity index (χ2v) is 9.49. The van der Waals surface area contributed by atoms with E-state index in [1.165, 1.54) is 5.56 Å². The lowest BCUT2D eigenvalue weighted by molar-refractivity contribution is -0.136. The summed E-state index contributed by atoms with van der Waals surface area (Å²) in [6.45, 7) is 10.5. The molecule has 4 rings (SSSR count). The van der Waals surface area contributed by atoms with E-state index in [1.54, 1.807) is 0 Å². The average molecular weight is 410 g/mol. The number of aromatic nitrogens is 1. The van der Waals surface area contributed by atoms with Crippen LogP contribution in [0.25, 0.3) is 0 Å². The molecule has 0 bridgehead atoms. The van der Waals surface area contributed by atoms with Crippen molar-refractivity contribution >= 4 is 11.8 Å². The highest BCUT2D eigenvalue weighted by molar-refractivity contribution is 5.89. The zero-order valence-corrected chi connectivity index (χ0v) is 18.4. The van der Waals surface area contributed by atoms with Crippen molar-refractivity contribution in [2.45, 2.75) is 65.5 Å². The lowest BCUT2D eigenvalue weighted by Gasteiger charge is -2.27. The van der Waals surface area contributed by atoms with Gasteiger partial charge in [0.15, 0.2) is 5.89 Å². The fourth-order valence-corrected chi connectivity index (χ4v) is 4.16. The molecule has 1 fully saturated rings. The van der Waals surface area contributed by atoms with E-state index >= 15 is 0 Å². The Balaban J connectivity index is 1.39. The molecule has 2 amide bonds. The molecule has 0 N–H and O–H groups in total. The fraction of sp³-hybridized carbons (Fsp3) is 0.542. The number of rotatable bonds is 4. The molecule has 1 unspecified atom stereocenters.